The van der Waals surface area contributed by atoms with Gasteiger partial charge in [0.2, 0.25) is 17.8 Å². The van der Waals surface area contributed by atoms with Gasteiger partial charge in [-0.15, -0.1) is 4.99 Å². The molecule has 0 saturated carbocycles. The van der Waals surface area contributed by atoms with Crippen LogP contribution in [0.3, 0.4) is 0 Å². The number of guanidine groups is 1. The molecule has 0 aliphatic carbocycles. The lowest BCUT2D eigenvalue weighted by Crippen LogP contribution is -2.81. The third-order valence-corrected chi connectivity index (χ3v) is 11.0. The van der Waals surface area contributed by atoms with Crippen LogP contribution < -0.4 is 31.9 Å². The number of benzene rings is 2. The van der Waals surface area contributed by atoms with Crippen molar-refractivity contribution in [2.24, 2.45) is 10.4 Å². The molecule has 4 atom stereocenters. The number of carbonyl (C=O) groups is 6. The Morgan fingerprint density at radius 3 is 1.75 bits per heavy atom. The van der Waals surface area contributed by atoms with Crippen LogP contribution in [-0.4, -0.2) is 126 Å². The van der Waals surface area contributed by atoms with E-state index >= 15 is 0 Å². The fourth-order valence-electron chi connectivity index (χ4n) is 7.57. The maximum atomic E-state index is 14.7. The molecule has 0 heterocycles. The van der Waals surface area contributed by atoms with Gasteiger partial charge in [-0.1, -0.05) is 62.3 Å². The molecule has 380 valence electrons. The second-order valence-electron chi connectivity index (χ2n) is 20.6. The van der Waals surface area contributed by atoms with E-state index in [4.69, 9.17) is 9.47 Å². The van der Waals surface area contributed by atoms with Crippen LogP contribution in [0.15, 0.2) is 47.5 Å². The Kier molecular flexibility index (Phi) is 20.6. The Hall–Kier alpha value is -5.80. The average molecular weight is 975 g/mol. The maximum Gasteiger partial charge on any atom is 0.437 e. The van der Waals surface area contributed by atoms with E-state index in [1.165, 1.54) is 18.4 Å². The number of carboxylic acid groups (broad SMARTS) is 2. The normalized spacial score (nSPS) is 14.4. The fraction of sp³-hybridized carbons (Fsp3) is 0.596. The lowest BCUT2D eigenvalue weighted by atomic mass is 9.81. The standard InChI is InChI=1S/C47H74N8O12S/c1-28-23-32(56)24-29(2)33(28)26-35(50-38(51-41(63)66-45(9,10)11)52-42(64)67-46(12,13)14)37(58)49-34(21-22-68(15)65)36(57)48-27-31(25-30-19-17-16-18-20-30)55(44(6,7)8)47(43(3,4)5,53-39(59)60)54-40(61)62/h16-20,23-24,31,34-35,53-54,56H,21-22,25-27H2,1-15H3,(H,48,57)(H,49,58)(H,59,60)(H,61,62)(H2,50,51,52,63,64)/t31-,34+,35-,68?/m0/s1. The third-order valence-electron chi connectivity index (χ3n) is 10.2. The molecule has 1 unspecified atom stereocenters. The van der Waals surface area contributed by atoms with Gasteiger partial charge < -0.3 is 45.3 Å². The van der Waals surface area contributed by atoms with Crippen molar-refractivity contribution in [3.8, 4) is 5.75 Å². The minimum Gasteiger partial charge on any atom is -0.617 e. The van der Waals surface area contributed by atoms with E-state index in [2.05, 4.69) is 36.9 Å². The summed E-state index contributed by atoms with van der Waals surface area (Å²) in [5.74, 6) is -4.10. The van der Waals surface area contributed by atoms with Crippen LogP contribution >= 0.6 is 0 Å². The SMILES string of the molecule is Cc1cc(O)cc(C)c1C[C@H](N/C(=N/C(=O)OC(C)(C)C)NC(=O)OC(C)(C)C)C(=O)N[C@H](CC[S+](C)[O-])C(=O)NC[C@H](Cc1ccccc1)N(C(C)(C)C)C(NC(=O)O)(NC(=O)O)C(C)(C)C. The molecule has 0 bridgehead atoms. The van der Waals surface area contributed by atoms with Crippen molar-refractivity contribution in [1.29, 1.82) is 0 Å². The van der Waals surface area contributed by atoms with E-state index in [9.17, 15) is 48.6 Å². The molecule has 2 aromatic carbocycles. The van der Waals surface area contributed by atoms with Gasteiger partial charge in [-0.3, -0.25) is 30.4 Å². The van der Waals surface area contributed by atoms with E-state index in [1.807, 2.05) is 30.3 Å². The van der Waals surface area contributed by atoms with Crippen molar-refractivity contribution in [1.82, 2.24) is 36.8 Å². The van der Waals surface area contributed by atoms with Crippen molar-refractivity contribution < 1.29 is 58.1 Å². The number of ether oxygens (including phenoxy) is 2. The molecule has 0 radical (unpaired) electrons. The number of phenolic OH excluding ortho intramolecular Hbond substituents is 1. The number of hydrogen-bond donors (Lipinski definition) is 9. The smallest absolute Gasteiger partial charge is 0.437 e. The highest BCUT2D eigenvalue weighted by atomic mass is 32.2. The van der Waals surface area contributed by atoms with Gasteiger partial charge >= 0.3 is 24.4 Å². The second-order valence-corrected chi connectivity index (χ2v) is 22.2. The molecule has 20 nitrogen and oxygen atoms in total. The molecule has 21 heteroatoms. The zero-order chi connectivity index (χ0) is 52.2. The summed E-state index contributed by atoms with van der Waals surface area (Å²) in [7, 11) is 0. The molecule has 2 aromatic rings. The van der Waals surface area contributed by atoms with Gasteiger partial charge in [-0.2, -0.15) is 0 Å². The van der Waals surface area contributed by atoms with Crippen molar-refractivity contribution in [3.63, 3.8) is 0 Å². The first kappa shape index (κ1) is 58.3. The van der Waals surface area contributed by atoms with E-state index in [0.717, 1.165) is 5.56 Å². The first-order valence-electron chi connectivity index (χ1n) is 22.1. The Labute approximate surface area is 403 Å². The average Bonchev–Trinajstić information content (AvgIpc) is 3.13. The summed E-state index contributed by atoms with van der Waals surface area (Å²) < 4.78 is 23.3. The predicted octanol–water partition coefficient (Wildman–Crippen LogP) is 5.64. The number of aryl methyl sites for hydroxylation is 2. The largest absolute Gasteiger partial charge is 0.617 e. The number of rotatable bonds is 17. The van der Waals surface area contributed by atoms with E-state index in [1.54, 1.807) is 102 Å². The number of nitrogens with one attached hydrogen (secondary N) is 6. The maximum absolute atomic E-state index is 14.7. The summed E-state index contributed by atoms with van der Waals surface area (Å²) in [5.41, 5.74) is -1.56. The van der Waals surface area contributed by atoms with E-state index in [-0.39, 0.29) is 37.3 Å². The molecule has 0 spiro atoms. The monoisotopic (exact) mass is 975 g/mol. The number of amides is 6. The topological polar surface area (TPSA) is 292 Å². The van der Waals surface area contributed by atoms with Crippen molar-refractivity contribution >= 4 is 53.3 Å². The number of aromatic hydroxyl groups is 1. The molecule has 0 aliphatic heterocycles. The first-order chi connectivity index (χ1) is 31.0. The lowest BCUT2D eigenvalue weighted by Gasteiger charge is -2.58. The Bertz CT molecular complexity index is 2070. The predicted molar refractivity (Wildman–Crippen MR) is 260 cm³/mol. The highest BCUT2D eigenvalue weighted by Crippen LogP contribution is 2.38. The van der Waals surface area contributed by atoms with Crippen LogP contribution in [0.5, 0.6) is 5.75 Å². The van der Waals surface area contributed by atoms with Crippen LogP contribution in [0.25, 0.3) is 0 Å². The van der Waals surface area contributed by atoms with Crippen molar-refractivity contribution in [2.45, 2.75) is 157 Å². The quantitative estimate of drug-likeness (QED) is 0.0401. The van der Waals surface area contributed by atoms with Gasteiger partial charge in [0.05, 0.1) is 6.26 Å². The Balaban J connectivity index is 2.79. The molecule has 0 saturated heterocycles. The molecule has 0 aliphatic rings. The second kappa shape index (κ2) is 24.0. The summed E-state index contributed by atoms with van der Waals surface area (Å²) in [6.07, 6.45) is -3.80. The molecule has 6 amide bonds. The number of aliphatic imine (C=N–C) groups is 1. The minimum absolute atomic E-state index is 0.0198. The summed E-state index contributed by atoms with van der Waals surface area (Å²) in [5, 5.41) is 46.6. The number of alkyl carbamates (subject to hydrolysis) is 1. The Morgan fingerprint density at radius 2 is 1.29 bits per heavy atom. The van der Waals surface area contributed by atoms with Crippen LogP contribution in [0.2, 0.25) is 0 Å². The van der Waals surface area contributed by atoms with Crippen LogP contribution in [0.4, 0.5) is 19.2 Å². The summed E-state index contributed by atoms with van der Waals surface area (Å²) in [4.78, 5) is 86.1. The van der Waals surface area contributed by atoms with Gasteiger partial charge in [0.1, 0.15) is 34.8 Å². The van der Waals surface area contributed by atoms with Crippen molar-refractivity contribution in [2.75, 3.05) is 18.6 Å². The van der Waals surface area contributed by atoms with Gasteiger partial charge in [0.15, 0.2) is 5.79 Å². The summed E-state index contributed by atoms with van der Waals surface area (Å²) in [6.45, 7) is 23.3. The van der Waals surface area contributed by atoms with E-state index < -0.39 is 99.4 Å². The number of carbonyl (C=O) groups excluding carboxylic acids is 4. The zero-order valence-electron chi connectivity index (χ0n) is 42.1. The summed E-state index contributed by atoms with van der Waals surface area (Å²) in [6, 6.07) is 8.52. The molecular formula is C47H74N8O12S. The molecule has 68 heavy (non-hydrogen) atoms. The number of nitrogens with zero attached hydrogens (tertiary/aromatic N) is 2. The van der Waals surface area contributed by atoms with Crippen molar-refractivity contribution in [3.05, 3.63) is 64.7 Å². The zero-order valence-corrected chi connectivity index (χ0v) is 42.9. The lowest BCUT2D eigenvalue weighted by molar-refractivity contribution is -0.133. The van der Waals surface area contributed by atoms with Crippen LogP contribution in [0.1, 0.15) is 112 Å². The molecule has 0 fully saturated rings. The molecule has 0 aromatic heterocycles. The molecular weight excluding hydrogens is 901 g/mol. The third kappa shape index (κ3) is 19.1. The minimum atomic E-state index is -1.99. The Morgan fingerprint density at radius 1 is 0.765 bits per heavy atom. The highest BCUT2D eigenvalue weighted by Gasteiger charge is 2.55. The van der Waals surface area contributed by atoms with Gasteiger partial charge in [-0.05, 0) is 117 Å². The van der Waals surface area contributed by atoms with Gasteiger partial charge in [0, 0.05) is 36.4 Å². The molecule has 2 rings (SSSR count). The van der Waals surface area contributed by atoms with Gasteiger partial charge in [-0.25, -0.2) is 19.2 Å². The highest BCUT2D eigenvalue weighted by molar-refractivity contribution is 7.90. The number of phenols is 1. The van der Waals surface area contributed by atoms with Crippen LogP contribution in [-0.2, 0) is 43.1 Å². The summed E-state index contributed by atoms with van der Waals surface area (Å²) >= 11 is -1.44. The number of hydrogen-bond acceptors (Lipinski definition) is 11. The first-order valence-corrected chi connectivity index (χ1v) is 23.9. The van der Waals surface area contributed by atoms with Crippen LogP contribution in [0, 0.1) is 19.3 Å². The fourth-order valence-corrected chi connectivity index (χ4v) is 8.14. The van der Waals surface area contributed by atoms with Gasteiger partial charge in [0.25, 0.3) is 0 Å². The molecule has 9 N–H and O–H groups in total. The van der Waals surface area contributed by atoms with E-state index in [0.29, 0.717) is 16.7 Å².